The van der Waals surface area contributed by atoms with Crippen LogP contribution < -0.4 is 11.5 Å². The summed E-state index contributed by atoms with van der Waals surface area (Å²) < 4.78 is 8.13. The molecular weight excluding hydrogens is 264 g/mol. The molecule has 1 saturated heterocycles. The Hall–Kier alpha value is -1.90. The van der Waals surface area contributed by atoms with E-state index in [4.69, 9.17) is 15.7 Å². The van der Waals surface area contributed by atoms with Crippen LogP contribution in [0.15, 0.2) is 17.1 Å². The molecule has 0 radical (unpaired) electrons. The van der Waals surface area contributed by atoms with Gasteiger partial charge in [0.25, 0.3) is 0 Å². The summed E-state index contributed by atoms with van der Waals surface area (Å²) in [5.41, 5.74) is 0.685. The topological polar surface area (TPSA) is 116 Å². The highest BCUT2D eigenvalue weighted by molar-refractivity contribution is 5.76. The summed E-state index contributed by atoms with van der Waals surface area (Å²) in [7, 11) is 0. The molecule has 0 unspecified atom stereocenters. The molecule has 4 N–H and O–H groups in total. The number of hydrogen-bond acceptors (Lipinski definition) is 6. The van der Waals surface area contributed by atoms with Crippen LogP contribution >= 0.6 is 0 Å². The molecule has 0 aliphatic carbocycles. The third kappa shape index (κ3) is 1.89. The molecule has 2 aromatic heterocycles. The fraction of sp³-hybridized carbons (Fsp3) is 0.500. The van der Waals surface area contributed by atoms with Gasteiger partial charge in [0.05, 0.1) is 12.7 Å². The highest BCUT2D eigenvalue weighted by Gasteiger charge is 2.35. The molecule has 1 fully saturated rings. The zero-order chi connectivity index (χ0) is 14.4. The molecule has 3 heterocycles. The molecule has 1 aliphatic rings. The van der Waals surface area contributed by atoms with E-state index in [-0.39, 0.29) is 13.0 Å². The van der Waals surface area contributed by atoms with Crippen molar-refractivity contribution in [2.45, 2.75) is 31.8 Å². The summed E-state index contributed by atoms with van der Waals surface area (Å²) in [4.78, 5) is 16.0. The Labute approximate surface area is 114 Å². The lowest BCUT2D eigenvalue weighted by Crippen LogP contribution is -2.28. The number of rotatable bonds is 2. The summed E-state index contributed by atoms with van der Waals surface area (Å²) in [6.07, 6.45) is -0.261. The Morgan fingerprint density at radius 3 is 3.00 bits per heavy atom. The molecule has 0 amide bonds. The Kier molecular flexibility index (Phi) is 3.00. The van der Waals surface area contributed by atoms with Gasteiger partial charge in [-0.25, -0.2) is 9.47 Å². The predicted octanol–water partition coefficient (Wildman–Crippen LogP) is -1.14. The minimum Gasteiger partial charge on any atom is -0.394 e. The first kappa shape index (κ1) is 13.1. The lowest BCUT2D eigenvalue weighted by atomic mass is 10.2. The number of hydrogen-bond donors (Lipinski definition) is 3. The van der Waals surface area contributed by atoms with Crippen molar-refractivity contribution >= 4 is 11.0 Å². The van der Waals surface area contributed by atoms with Gasteiger partial charge >= 0.3 is 5.69 Å². The molecule has 0 aromatic carbocycles. The minimum atomic E-state index is -0.798. The van der Waals surface area contributed by atoms with Crippen LogP contribution in [0.3, 0.4) is 0 Å². The van der Waals surface area contributed by atoms with Crippen molar-refractivity contribution < 1.29 is 14.9 Å². The van der Waals surface area contributed by atoms with Gasteiger partial charge in [0.1, 0.15) is 12.3 Å². The molecule has 0 saturated carbocycles. The molecule has 20 heavy (non-hydrogen) atoms. The van der Waals surface area contributed by atoms with E-state index in [1.54, 1.807) is 6.20 Å². The molecule has 8 heteroatoms. The van der Waals surface area contributed by atoms with Crippen LogP contribution in [0, 0.1) is 6.92 Å². The van der Waals surface area contributed by atoms with E-state index in [0.717, 1.165) is 11.1 Å². The fourth-order valence-electron chi connectivity index (χ4n) is 2.49. The zero-order valence-electron chi connectivity index (χ0n) is 10.9. The minimum absolute atomic E-state index is 0.237. The maximum atomic E-state index is 12.0. The number of aromatic nitrogens is 3. The van der Waals surface area contributed by atoms with Gasteiger partial charge in [0.15, 0.2) is 5.65 Å². The van der Waals surface area contributed by atoms with E-state index in [1.165, 1.54) is 9.24 Å². The van der Waals surface area contributed by atoms with Crippen LogP contribution in [0.5, 0.6) is 0 Å². The summed E-state index contributed by atoms with van der Waals surface area (Å²) in [5, 5.41) is 19.5. The predicted molar refractivity (Wildman–Crippen MR) is 70.5 cm³/mol. The third-order valence-corrected chi connectivity index (χ3v) is 3.63. The lowest BCUT2D eigenvalue weighted by Gasteiger charge is -2.14. The van der Waals surface area contributed by atoms with E-state index in [2.05, 4.69) is 4.98 Å². The molecule has 3 atom stereocenters. The quantitative estimate of drug-likeness (QED) is 0.599. The molecule has 8 nitrogen and oxygen atoms in total. The van der Waals surface area contributed by atoms with Gasteiger partial charge in [-0.1, -0.05) is 0 Å². The summed E-state index contributed by atoms with van der Waals surface area (Å²) in [6, 6.07) is 1.81. The number of nitrogen functional groups attached to an aromatic ring is 1. The number of ether oxygens (including phenoxy) is 1. The average molecular weight is 280 g/mol. The van der Waals surface area contributed by atoms with Crippen molar-refractivity contribution in [2.24, 2.45) is 0 Å². The molecule has 0 bridgehead atoms. The lowest BCUT2D eigenvalue weighted by molar-refractivity contribution is -0.0457. The Bertz CT molecular complexity index is 707. The molecule has 3 rings (SSSR count). The van der Waals surface area contributed by atoms with Crippen molar-refractivity contribution in [2.75, 3.05) is 12.4 Å². The number of aliphatic hydroxyl groups excluding tert-OH is 2. The molecule has 108 valence electrons. The van der Waals surface area contributed by atoms with Gasteiger partial charge in [-0.15, -0.1) is 0 Å². The third-order valence-electron chi connectivity index (χ3n) is 3.63. The Morgan fingerprint density at radius 1 is 1.60 bits per heavy atom. The van der Waals surface area contributed by atoms with Crippen molar-refractivity contribution in [3.63, 3.8) is 0 Å². The van der Waals surface area contributed by atoms with Crippen LogP contribution in [0.4, 0.5) is 0 Å². The Morgan fingerprint density at radius 2 is 2.35 bits per heavy atom. The largest absolute Gasteiger partial charge is 0.394 e. The number of fused-ring (bicyclic) bond motifs is 1. The number of aryl methyl sites for hydroxylation is 1. The smallest absolute Gasteiger partial charge is 0.351 e. The summed E-state index contributed by atoms with van der Waals surface area (Å²) in [6.45, 7) is 1.52. The van der Waals surface area contributed by atoms with Crippen LogP contribution in [0.25, 0.3) is 11.0 Å². The second kappa shape index (κ2) is 4.58. The van der Waals surface area contributed by atoms with E-state index >= 15 is 0 Å². The van der Waals surface area contributed by atoms with Crippen LogP contribution in [-0.4, -0.2) is 43.3 Å². The van der Waals surface area contributed by atoms with Crippen LogP contribution in [0.1, 0.15) is 18.3 Å². The first-order valence-electron chi connectivity index (χ1n) is 6.32. The molecule has 2 aromatic rings. The standard InChI is InChI=1S/C12H16N4O4/c1-6-2-7-4-15(12(19)14-11(7)16(6)13)10-3-8(18)9(5-17)20-10/h2,4,8-10,17-18H,3,5,13H2,1H3/t8-,9+,10+/m0/s1. The second-order valence-corrected chi connectivity index (χ2v) is 4.98. The molecule has 1 aliphatic heterocycles. The van der Waals surface area contributed by atoms with Crippen LogP contribution in [0.2, 0.25) is 0 Å². The van der Waals surface area contributed by atoms with Gasteiger partial charge in [0.2, 0.25) is 0 Å². The van der Waals surface area contributed by atoms with Crippen molar-refractivity contribution in [3.05, 3.63) is 28.4 Å². The highest BCUT2D eigenvalue weighted by Crippen LogP contribution is 2.28. The van der Waals surface area contributed by atoms with Gasteiger partial charge in [-0.2, -0.15) is 4.98 Å². The van der Waals surface area contributed by atoms with E-state index in [1.807, 2.05) is 13.0 Å². The zero-order valence-corrected chi connectivity index (χ0v) is 10.9. The van der Waals surface area contributed by atoms with E-state index in [9.17, 15) is 9.90 Å². The molecular formula is C12H16N4O4. The van der Waals surface area contributed by atoms with Crippen molar-refractivity contribution in [3.8, 4) is 0 Å². The van der Waals surface area contributed by atoms with Crippen molar-refractivity contribution in [1.82, 2.24) is 14.2 Å². The maximum absolute atomic E-state index is 12.0. The first-order valence-corrected chi connectivity index (χ1v) is 6.32. The summed E-state index contributed by atoms with van der Waals surface area (Å²) >= 11 is 0. The Balaban J connectivity index is 2.05. The average Bonchev–Trinajstić information content (AvgIpc) is 2.91. The van der Waals surface area contributed by atoms with Gasteiger partial charge in [-0.05, 0) is 13.0 Å². The van der Waals surface area contributed by atoms with Crippen molar-refractivity contribution in [1.29, 1.82) is 0 Å². The fourth-order valence-corrected chi connectivity index (χ4v) is 2.49. The normalized spacial score (nSPS) is 26.4. The highest BCUT2D eigenvalue weighted by atomic mass is 16.5. The monoisotopic (exact) mass is 280 g/mol. The summed E-state index contributed by atoms with van der Waals surface area (Å²) in [5.74, 6) is 5.78. The van der Waals surface area contributed by atoms with Gasteiger partial charge in [0, 0.05) is 23.7 Å². The first-order chi connectivity index (χ1) is 9.51. The maximum Gasteiger partial charge on any atom is 0.351 e. The van der Waals surface area contributed by atoms with Gasteiger partial charge in [-0.3, -0.25) is 4.57 Å². The number of nitrogens with two attached hydrogens (primary N) is 1. The van der Waals surface area contributed by atoms with Gasteiger partial charge < -0.3 is 20.8 Å². The van der Waals surface area contributed by atoms with E-state index < -0.39 is 24.1 Å². The number of aliphatic hydroxyl groups is 2. The van der Waals surface area contributed by atoms with E-state index in [0.29, 0.717) is 5.65 Å². The van der Waals surface area contributed by atoms with Crippen LogP contribution in [-0.2, 0) is 4.74 Å². The number of nitrogens with zero attached hydrogens (tertiary/aromatic N) is 3. The SMILES string of the molecule is Cc1cc2cn([C@H]3C[C@H](O)[C@@H](CO)O3)c(=O)nc2n1N. The second-order valence-electron chi connectivity index (χ2n) is 4.98. The molecule has 0 spiro atoms.